The normalized spacial score (nSPS) is 17.7. The predicted octanol–water partition coefficient (Wildman–Crippen LogP) is 3.62. The maximum absolute atomic E-state index is 5.82. The van der Waals surface area contributed by atoms with E-state index in [-0.39, 0.29) is 0 Å². The number of ether oxygens (including phenoxy) is 3. The fourth-order valence-electron chi connectivity index (χ4n) is 2.76. The second-order valence-corrected chi connectivity index (χ2v) is 5.31. The summed E-state index contributed by atoms with van der Waals surface area (Å²) in [7, 11) is 0. The Bertz CT molecular complexity index is 460. The maximum atomic E-state index is 5.82. The first kappa shape index (κ1) is 14.4. The molecule has 1 aromatic carbocycles. The van der Waals surface area contributed by atoms with Crippen molar-refractivity contribution in [1.29, 1.82) is 0 Å². The molecule has 1 aliphatic heterocycles. The first-order valence-corrected chi connectivity index (χ1v) is 7.01. The fourth-order valence-corrected chi connectivity index (χ4v) is 2.76. The van der Waals surface area contributed by atoms with Crippen LogP contribution in [0.5, 0.6) is 5.75 Å². The summed E-state index contributed by atoms with van der Waals surface area (Å²) in [5.74, 6) is 0.365. The minimum atomic E-state index is -0.609. The van der Waals surface area contributed by atoms with Gasteiger partial charge in [-0.1, -0.05) is 6.92 Å². The van der Waals surface area contributed by atoms with Gasteiger partial charge in [-0.2, -0.15) is 0 Å². The summed E-state index contributed by atoms with van der Waals surface area (Å²) in [4.78, 5) is 0. The third-order valence-corrected chi connectivity index (χ3v) is 3.80. The van der Waals surface area contributed by atoms with Crippen LogP contribution in [0.4, 0.5) is 0 Å². The molecule has 106 valence electrons. The van der Waals surface area contributed by atoms with Gasteiger partial charge in [0.15, 0.2) is 5.79 Å². The van der Waals surface area contributed by atoms with Gasteiger partial charge >= 0.3 is 0 Å². The molecule has 0 aromatic heterocycles. The molecule has 19 heavy (non-hydrogen) atoms. The van der Waals surface area contributed by atoms with Gasteiger partial charge in [0.1, 0.15) is 5.75 Å². The Labute approximate surface area is 115 Å². The minimum absolute atomic E-state index is 0.609. The summed E-state index contributed by atoms with van der Waals surface area (Å²) in [6.07, 6.45) is 1.02. The largest absolute Gasteiger partial charge is 0.493 e. The van der Waals surface area contributed by atoms with Crippen molar-refractivity contribution in [2.24, 2.45) is 0 Å². The molecule has 0 N–H and O–H groups in total. The Hall–Kier alpha value is -1.06. The van der Waals surface area contributed by atoms with Crippen molar-refractivity contribution < 1.29 is 14.2 Å². The molecular formula is C16H24O3. The van der Waals surface area contributed by atoms with Crippen LogP contribution in [-0.4, -0.2) is 19.8 Å². The van der Waals surface area contributed by atoms with E-state index >= 15 is 0 Å². The van der Waals surface area contributed by atoms with Crippen LogP contribution in [0.3, 0.4) is 0 Å². The molecule has 1 heterocycles. The number of benzene rings is 1. The summed E-state index contributed by atoms with van der Waals surface area (Å²) >= 11 is 0. The van der Waals surface area contributed by atoms with E-state index in [1.165, 1.54) is 16.7 Å². The van der Waals surface area contributed by atoms with Gasteiger partial charge < -0.3 is 14.2 Å². The Morgan fingerprint density at radius 1 is 1.16 bits per heavy atom. The van der Waals surface area contributed by atoms with Gasteiger partial charge in [-0.25, -0.2) is 0 Å². The van der Waals surface area contributed by atoms with E-state index in [2.05, 4.69) is 33.8 Å². The van der Waals surface area contributed by atoms with Crippen LogP contribution in [0.25, 0.3) is 0 Å². The summed E-state index contributed by atoms with van der Waals surface area (Å²) in [6.45, 7) is 12.5. The zero-order valence-corrected chi connectivity index (χ0v) is 12.6. The van der Waals surface area contributed by atoms with Crippen LogP contribution in [0, 0.1) is 20.8 Å². The highest BCUT2D eigenvalue weighted by atomic mass is 16.7. The smallest absolute Gasteiger partial charge is 0.192 e. The lowest BCUT2D eigenvalue weighted by Crippen LogP contribution is -2.25. The van der Waals surface area contributed by atoms with E-state index < -0.39 is 5.79 Å². The van der Waals surface area contributed by atoms with Crippen molar-refractivity contribution in [3.8, 4) is 5.75 Å². The molecule has 0 amide bonds. The zero-order chi connectivity index (χ0) is 14.0. The van der Waals surface area contributed by atoms with E-state index in [1.54, 1.807) is 0 Å². The lowest BCUT2D eigenvalue weighted by Gasteiger charge is -2.28. The minimum Gasteiger partial charge on any atom is -0.493 e. The van der Waals surface area contributed by atoms with Crippen molar-refractivity contribution >= 4 is 0 Å². The number of rotatable bonds is 4. The molecule has 0 spiro atoms. The van der Waals surface area contributed by atoms with Crippen molar-refractivity contribution in [2.75, 3.05) is 19.8 Å². The Balaban J connectivity index is 2.43. The highest BCUT2D eigenvalue weighted by Gasteiger charge is 2.36. The summed E-state index contributed by atoms with van der Waals surface area (Å²) in [5, 5.41) is 0. The topological polar surface area (TPSA) is 27.7 Å². The lowest BCUT2D eigenvalue weighted by atomic mass is 9.92. The highest BCUT2D eigenvalue weighted by Crippen LogP contribution is 2.39. The molecule has 0 atom stereocenters. The first-order chi connectivity index (χ1) is 8.99. The van der Waals surface area contributed by atoms with Crippen LogP contribution in [-0.2, 0) is 15.3 Å². The molecule has 1 aliphatic rings. The highest BCUT2D eigenvalue weighted by molar-refractivity contribution is 5.50. The van der Waals surface area contributed by atoms with E-state index in [0.717, 1.165) is 24.3 Å². The third-order valence-electron chi connectivity index (χ3n) is 3.80. The number of aryl methyl sites for hydroxylation is 1. The Morgan fingerprint density at radius 2 is 1.79 bits per heavy atom. The van der Waals surface area contributed by atoms with Crippen LogP contribution in [0.15, 0.2) is 6.07 Å². The van der Waals surface area contributed by atoms with E-state index in [1.807, 2.05) is 6.92 Å². The molecule has 1 aromatic rings. The van der Waals surface area contributed by atoms with E-state index in [9.17, 15) is 0 Å². The van der Waals surface area contributed by atoms with E-state index in [4.69, 9.17) is 14.2 Å². The summed E-state index contributed by atoms with van der Waals surface area (Å²) < 4.78 is 17.4. The van der Waals surface area contributed by atoms with Gasteiger partial charge in [0.2, 0.25) is 0 Å². The molecule has 3 heteroatoms. The molecule has 1 saturated heterocycles. The maximum Gasteiger partial charge on any atom is 0.192 e. The summed E-state index contributed by atoms with van der Waals surface area (Å²) in [6, 6.07) is 2.10. The van der Waals surface area contributed by atoms with Gasteiger partial charge in [0.25, 0.3) is 0 Å². The number of hydrogen-bond donors (Lipinski definition) is 0. The Kier molecular flexibility index (Phi) is 4.16. The average Bonchev–Trinajstić information content (AvgIpc) is 2.79. The van der Waals surface area contributed by atoms with Gasteiger partial charge in [-0.3, -0.25) is 0 Å². The molecule has 0 radical (unpaired) electrons. The molecule has 2 rings (SSSR count). The average molecular weight is 264 g/mol. The quantitative estimate of drug-likeness (QED) is 0.831. The summed E-state index contributed by atoms with van der Waals surface area (Å²) in [5.41, 5.74) is 4.69. The second-order valence-electron chi connectivity index (χ2n) is 5.31. The van der Waals surface area contributed by atoms with E-state index in [0.29, 0.717) is 13.2 Å². The second kappa shape index (κ2) is 5.51. The standard InChI is InChI=1S/C16H24O3/c1-6-7-17-14-10-11(2)15(13(4)12(14)3)16(5)18-8-9-19-16/h10H,6-9H2,1-5H3. The molecule has 0 bridgehead atoms. The van der Waals surface area contributed by atoms with Crippen LogP contribution < -0.4 is 4.74 Å². The molecule has 0 saturated carbocycles. The fraction of sp³-hybridized carbons (Fsp3) is 0.625. The van der Waals surface area contributed by atoms with Crippen molar-refractivity contribution in [1.82, 2.24) is 0 Å². The molecule has 1 fully saturated rings. The third kappa shape index (κ3) is 2.63. The number of hydrogen-bond acceptors (Lipinski definition) is 3. The van der Waals surface area contributed by atoms with Crippen LogP contribution in [0.1, 0.15) is 42.5 Å². The molecular weight excluding hydrogens is 240 g/mol. The van der Waals surface area contributed by atoms with Gasteiger partial charge in [-0.15, -0.1) is 0 Å². The van der Waals surface area contributed by atoms with Crippen molar-refractivity contribution in [2.45, 2.75) is 46.8 Å². The van der Waals surface area contributed by atoms with Crippen LogP contribution in [0.2, 0.25) is 0 Å². The first-order valence-electron chi connectivity index (χ1n) is 7.01. The monoisotopic (exact) mass is 264 g/mol. The Morgan fingerprint density at radius 3 is 2.37 bits per heavy atom. The van der Waals surface area contributed by atoms with Gasteiger partial charge in [-0.05, 0) is 56.9 Å². The van der Waals surface area contributed by atoms with Gasteiger partial charge in [0.05, 0.1) is 19.8 Å². The lowest BCUT2D eigenvalue weighted by molar-refractivity contribution is -0.150. The van der Waals surface area contributed by atoms with Crippen molar-refractivity contribution in [3.63, 3.8) is 0 Å². The molecule has 3 nitrogen and oxygen atoms in total. The van der Waals surface area contributed by atoms with Gasteiger partial charge in [0, 0.05) is 5.56 Å². The predicted molar refractivity (Wildman–Crippen MR) is 75.7 cm³/mol. The van der Waals surface area contributed by atoms with Crippen molar-refractivity contribution in [3.05, 3.63) is 28.3 Å². The molecule has 0 unspecified atom stereocenters. The zero-order valence-electron chi connectivity index (χ0n) is 12.6. The SMILES string of the molecule is CCCOc1cc(C)c(C2(C)OCCO2)c(C)c1C. The molecule has 0 aliphatic carbocycles. The van der Waals surface area contributed by atoms with Crippen LogP contribution >= 0.6 is 0 Å².